The first-order chi connectivity index (χ1) is 7.83. The summed E-state index contributed by atoms with van der Waals surface area (Å²) in [7, 11) is 0. The number of anilines is 1. The summed E-state index contributed by atoms with van der Waals surface area (Å²) in [4.78, 5) is 13.5. The van der Waals surface area contributed by atoms with Crippen molar-refractivity contribution in [2.24, 2.45) is 0 Å². The van der Waals surface area contributed by atoms with Crippen LogP contribution in [0, 0.1) is 0 Å². The number of nitrogens with one attached hydrogen (secondary N) is 2. The highest BCUT2D eigenvalue weighted by molar-refractivity contribution is 5.39. The Hall–Kier alpha value is -1.25. The van der Waals surface area contributed by atoms with Gasteiger partial charge in [0.2, 0.25) is 5.56 Å². The van der Waals surface area contributed by atoms with Crippen LogP contribution in [-0.2, 0) is 0 Å². The maximum absolute atomic E-state index is 10.8. The standard InChI is InChI=1S/C13H22N2O/c1-2-3-4-5-6-7-10-14-12-8-9-13(16)15-11-12/h8-9,11,14H,2-7,10H2,1H3,(H,15,16). The molecule has 3 heteroatoms. The van der Waals surface area contributed by atoms with Crippen LogP contribution in [0.3, 0.4) is 0 Å². The average molecular weight is 222 g/mol. The monoisotopic (exact) mass is 222 g/mol. The van der Waals surface area contributed by atoms with Crippen LogP contribution in [0.25, 0.3) is 0 Å². The maximum Gasteiger partial charge on any atom is 0.248 e. The van der Waals surface area contributed by atoms with Crippen molar-refractivity contribution in [3.8, 4) is 0 Å². The van der Waals surface area contributed by atoms with Crippen LogP contribution < -0.4 is 10.9 Å². The van der Waals surface area contributed by atoms with E-state index in [2.05, 4.69) is 17.2 Å². The van der Waals surface area contributed by atoms with Crippen molar-refractivity contribution in [2.45, 2.75) is 45.4 Å². The molecule has 0 aliphatic carbocycles. The molecule has 0 atom stereocenters. The van der Waals surface area contributed by atoms with Crippen molar-refractivity contribution in [3.63, 3.8) is 0 Å². The quantitative estimate of drug-likeness (QED) is 0.664. The molecule has 0 bridgehead atoms. The molecule has 2 N–H and O–H groups in total. The zero-order valence-electron chi connectivity index (χ0n) is 10.1. The van der Waals surface area contributed by atoms with Crippen molar-refractivity contribution < 1.29 is 0 Å². The molecule has 1 heterocycles. The third-order valence-electron chi connectivity index (χ3n) is 2.64. The molecule has 0 aliphatic heterocycles. The number of hydrogen-bond acceptors (Lipinski definition) is 2. The first kappa shape index (κ1) is 12.8. The van der Waals surface area contributed by atoms with Gasteiger partial charge in [0.1, 0.15) is 0 Å². The van der Waals surface area contributed by atoms with E-state index in [9.17, 15) is 4.79 Å². The second kappa shape index (κ2) is 7.97. The van der Waals surface area contributed by atoms with Crippen molar-refractivity contribution in [1.29, 1.82) is 0 Å². The summed E-state index contributed by atoms with van der Waals surface area (Å²) < 4.78 is 0. The Kier molecular flexibility index (Phi) is 6.38. The number of unbranched alkanes of at least 4 members (excludes halogenated alkanes) is 5. The molecule has 0 saturated heterocycles. The van der Waals surface area contributed by atoms with E-state index in [1.807, 2.05) is 6.07 Å². The minimum atomic E-state index is -0.0508. The SMILES string of the molecule is CCCCCCCCNc1ccc(=O)[nH]c1. The largest absolute Gasteiger partial charge is 0.384 e. The van der Waals surface area contributed by atoms with Crippen molar-refractivity contribution in [2.75, 3.05) is 11.9 Å². The summed E-state index contributed by atoms with van der Waals surface area (Å²) >= 11 is 0. The normalized spacial score (nSPS) is 10.3. The van der Waals surface area contributed by atoms with Gasteiger partial charge in [0.25, 0.3) is 0 Å². The summed E-state index contributed by atoms with van der Waals surface area (Å²) in [5.41, 5.74) is 0.943. The van der Waals surface area contributed by atoms with E-state index in [0.717, 1.165) is 12.2 Å². The van der Waals surface area contributed by atoms with Crippen LogP contribution in [0.2, 0.25) is 0 Å². The lowest BCUT2D eigenvalue weighted by atomic mass is 10.1. The van der Waals surface area contributed by atoms with Gasteiger partial charge < -0.3 is 10.3 Å². The third kappa shape index (κ3) is 5.59. The fraction of sp³-hybridized carbons (Fsp3) is 0.615. The van der Waals surface area contributed by atoms with E-state index >= 15 is 0 Å². The molecule has 1 rings (SSSR count). The summed E-state index contributed by atoms with van der Waals surface area (Å²) in [5.74, 6) is 0. The highest BCUT2D eigenvalue weighted by Gasteiger charge is 1.92. The Bertz CT molecular complexity index is 312. The third-order valence-corrected chi connectivity index (χ3v) is 2.64. The Balaban J connectivity index is 2.03. The summed E-state index contributed by atoms with van der Waals surface area (Å²) in [6.07, 6.45) is 9.55. The predicted octanol–water partition coefficient (Wildman–Crippen LogP) is 3.15. The predicted molar refractivity (Wildman–Crippen MR) is 68.9 cm³/mol. The zero-order chi connectivity index (χ0) is 11.6. The average Bonchev–Trinajstić information content (AvgIpc) is 2.30. The molecule has 0 amide bonds. The number of pyridine rings is 1. The van der Waals surface area contributed by atoms with Gasteiger partial charge in [-0.25, -0.2) is 0 Å². The molecule has 0 saturated carbocycles. The van der Waals surface area contributed by atoms with E-state index in [4.69, 9.17) is 0 Å². The van der Waals surface area contributed by atoms with Gasteiger partial charge >= 0.3 is 0 Å². The molecular formula is C13H22N2O. The van der Waals surface area contributed by atoms with Gasteiger partial charge in [-0.15, -0.1) is 0 Å². The van der Waals surface area contributed by atoms with Crippen molar-refractivity contribution >= 4 is 5.69 Å². The van der Waals surface area contributed by atoms with Crippen molar-refractivity contribution in [3.05, 3.63) is 28.7 Å². The van der Waals surface area contributed by atoms with Gasteiger partial charge in [-0.3, -0.25) is 4.79 Å². The van der Waals surface area contributed by atoms with Gasteiger partial charge in [-0.1, -0.05) is 39.0 Å². The molecule has 1 aromatic rings. The molecule has 0 radical (unpaired) electrons. The smallest absolute Gasteiger partial charge is 0.248 e. The van der Waals surface area contributed by atoms with Crippen LogP contribution in [-0.4, -0.2) is 11.5 Å². The van der Waals surface area contributed by atoms with Crippen LogP contribution in [0.15, 0.2) is 23.1 Å². The number of H-pyrrole nitrogens is 1. The highest BCUT2D eigenvalue weighted by atomic mass is 16.1. The van der Waals surface area contributed by atoms with Crippen LogP contribution in [0.1, 0.15) is 45.4 Å². The molecule has 0 spiro atoms. The Morgan fingerprint density at radius 1 is 1.12 bits per heavy atom. The molecule has 0 aromatic carbocycles. The Morgan fingerprint density at radius 2 is 1.88 bits per heavy atom. The fourth-order valence-corrected chi connectivity index (χ4v) is 1.66. The molecule has 0 unspecified atom stereocenters. The Labute approximate surface area is 97.3 Å². The first-order valence-corrected chi connectivity index (χ1v) is 6.25. The van der Waals surface area contributed by atoms with Gasteiger partial charge in [0.15, 0.2) is 0 Å². The van der Waals surface area contributed by atoms with E-state index in [1.165, 1.54) is 38.5 Å². The second-order valence-corrected chi connectivity index (χ2v) is 4.14. The highest BCUT2D eigenvalue weighted by Crippen LogP contribution is 2.06. The van der Waals surface area contributed by atoms with Crippen LogP contribution in [0.5, 0.6) is 0 Å². The zero-order valence-corrected chi connectivity index (χ0v) is 10.1. The van der Waals surface area contributed by atoms with E-state index in [0.29, 0.717) is 0 Å². The molecule has 3 nitrogen and oxygen atoms in total. The topological polar surface area (TPSA) is 44.9 Å². The van der Waals surface area contributed by atoms with E-state index in [-0.39, 0.29) is 5.56 Å². The number of hydrogen-bond donors (Lipinski definition) is 2. The summed E-state index contributed by atoms with van der Waals surface area (Å²) in [5, 5.41) is 3.29. The number of rotatable bonds is 8. The lowest BCUT2D eigenvalue weighted by molar-refractivity contribution is 0.617. The molecule has 90 valence electrons. The maximum atomic E-state index is 10.8. The lowest BCUT2D eigenvalue weighted by Gasteiger charge is -2.05. The lowest BCUT2D eigenvalue weighted by Crippen LogP contribution is -2.06. The molecule has 16 heavy (non-hydrogen) atoms. The molecule has 1 aromatic heterocycles. The first-order valence-electron chi connectivity index (χ1n) is 6.25. The molecule has 0 fully saturated rings. The van der Waals surface area contributed by atoms with Gasteiger partial charge in [0.05, 0.1) is 5.69 Å². The molecular weight excluding hydrogens is 200 g/mol. The minimum Gasteiger partial charge on any atom is -0.384 e. The number of aromatic amines is 1. The summed E-state index contributed by atoms with van der Waals surface area (Å²) in [6.45, 7) is 3.22. The van der Waals surface area contributed by atoms with Crippen LogP contribution >= 0.6 is 0 Å². The van der Waals surface area contributed by atoms with E-state index < -0.39 is 0 Å². The fourth-order valence-electron chi connectivity index (χ4n) is 1.66. The van der Waals surface area contributed by atoms with Gasteiger partial charge in [-0.2, -0.15) is 0 Å². The Morgan fingerprint density at radius 3 is 2.56 bits per heavy atom. The molecule has 0 aliphatic rings. The van der Waals surface area contributed by atoms with Gasteiger partial charge in [0, 0.05) is 18.8 Å². The van der Waals surface area contributed by atoms with Gasteiger partial charge in [-0.05, 0) is 12.5 Å². The van der Waals surface area contributed by atoms with Crippen LogP contribution in [0.4, 0.5) is 5.69 Å². The van der Waals surface area contributed by atoms with E-state index in [1.54, 1.807) is 12.3 Å². The summed E-state index contributed by atoms with van der Waals surface area (Å²) in [6, 6.07) is 3.36. The minimum absolute atomic E-state index is 0.0508. The number of aromatic nitrogens is 1. The van der Waals surface area contributed by atoms with Crippen molar-refractivity contribution in [1.82, 2.24) is 4.98 Å². The second-order valence-electron chi connectivity index (χ2n) is 4.14.